The Morgan fingerprint density at radius 1 is 1.23 bits per heavy atom. The minimum absolute atomic E-state index is 0.000230. The first-order valence-corrected chi connectivity index (χ1v) is 9.34. The second-order valence-corrected chi connectivity index (χ2v) is 6.83. The number of hydrogen-bond acceptors (Lipinski definition) is 4. The fourth-order valence-corrected chi connectivity index (χ4v) is 3.59. The molecule has 0 aliphatic carbocycles. The lowest BCUT2D eigenvalue weighted by atomic mass is 10.0. The van der Waals surface area contributed by atoms with Gasteiger partial charge in [-0.1, -0.05) is 31.5 Å². The van der Waals surface area contributed by atoms with Crippen molar-refractivity contribution in [2.75, 3.05) is 18.4 Å². The van der Waals surface area contributed by atoms with Crippen LogP contribution in [-0.2, 0) is 6.42 Å². The molecule has 0 radical (unpaired) electrons. The van der Waals surface area contributed by atoms with Gasteiger partial charge < -0.3 is 10.6 Å². The Kier molecular flexibility index (Phi) is 4.71. The average Bonchev–Trinajstić information content (AvgIpc) is 3.16. The predicted octanol–water partition coefficient (Wildman–Crippen LogP) is 3.09. The molecule has 1 fully saturated rings. The van der Waals surface area contributed by atoms with Crippen LogP contribution in [0.2, 0.25) is 0 Å². The number of hydrogen-bond donors (Lipinski definition) is 2. The van der Waals surface area contributed by atoms with E-state index in [2.05, 4.69) is 29.7 Å². The molecular formula is C21H24N4O. The van der Waals surface area contributed by atoms with Crippen LogP contribution in [0.3, 0.4) is 0 Å². The number of nitrogens with one attached hydrogen (secondary N) is 2. The molecule has 5 heteroatoms. The van der Waals surface area contributed by atoms with Crippen LogP contribution in [0.4, 0.5) is 5.69 Å². The summed E-state index contributed by atoms with van der Waals surface area (Å²) in [6, 6.07) is 14.3. The third-order valence-corrected chi connectivity index (χ3v) is 4.90. The maximum atomic E-state index is 13.1. The zero-order valence-corrected chi connectivity index (χ0v) is 15.0. The normalized spacial score (nSPS) is 16.9. The predicted molar refractivity (Wildman–Crippen MR) is 106 cm³/mol. The van der Waals surface area contributed by atoms with Crippen LogP contribution < -0.4 is 16.2 Å². The zero-order valence-electron chi connectivity index (χ0n) is 15.0. The van der Waals surface area contributed by atoms with E-state index in [0.29, 0.717) is 17.3 Å². The molecule has 0 spiro atoms. The molecule has 1 atom stereocenters. The monoisotopic (exact) mass is 348 g/mol. The SMILES string of the molecule is CCCc1nc2ccccn2c(=O)c1-c1ccc(N[C@@H]2CCNC2)cc1. The third-order valence-electron chi connectivity index (χ3n) is 4.90. The van der Waals surface area contributed by atoms with Crippen molar-refractivity contribution in [2.24, 2.45) is 0 Å². The van der Waals surface area contributed by atoms with Gasteiger partial charge in [0.1, 0.15) is 5.65 Å². The molecule has 2 aromatic heterocycles. The van der Waals surface area contributed by atoms with E-state index in [1.54, 1.807) is 10.6 Å². The molecule has 1 aliphatic heterocycles. The molecule has 3 aromatic rings. The van der Waals surface area contributed by atoms with Gasteiger partial charge in [0.2, 0.25) is 0 Å². The molecule has 4 rings (SSSR count). The van der Waals surface area contributed by atoms with Gasteiger partial charge in [-0.2, -0.15) is 0 Å². The van der Waals surface area contributed by atoms with Gasteiger partial charge in [-0.05, 0) is 49.2 Å². The van der Waals surface area contributed by atoms with E-state index in [1.807, 2.05) is 30.3 Å². The van der Waals surface area contributed by atoms with Crippen molar-refractivity contribution in [1.82, 2.24) is 14.7 Å². The van der Waals surface area contributed by atoms with Crippen molar-refractivity contribution in [3.05, 3.63) is 64.7 Å². The third kappa shape index (κ3) is 3.22. The summed E-state index contributed by atoms with van der Waals surface area (Å²) in [4.78, 5) is 17.8. The van der Waals surface area contributed by atoms with Gasteiger partial charge in [-0.3, -0.25) is 9.20 Å². The lowest BCUT2D eigenvalue weighted by molar-refractivity contribution is 0.793. The highest BCUT2D eigenvalue weighted by Gasteiger charge is 2.16. The summed E-state index contributed by atoms with van der Waals surface area (Å²) in [6.45, 7) is 4.18. The molecule has 2 N–H and O–H groups in total. The van der Waals surface area contributed by atoms with Crippen molar-refractivity contribution >= 4 is 11.3 Å². The smallest absolute Gasteiger partial charge is 0.265 e. The molecule has 134 valence electrons. The molecular weight excluding hydrogens is 324 g/mol. The minimum atomic E-state index is -0.000230. The van der Waals surface area contributed by atoms with Gasteiger partial charge in [0, 0.05) is 24.5 Å². The van der Waals surface area contributed by atoms with Crippen molar-refractivity contribution in [3.63, 3.8) is 0 Å². The van der Waals surface area contributed by atoms with Gasteiger partial charge in [-0.15, -0.1) is 0 Å². The second-order valence-electron chi connectivity index (χ2n) is 6.83. The molecule has 1 aromatic carbocycles. The lowest BCUT2D eigenvalue weighted by Gasteiger charge is -2.14. The first kappa shape index (κ1) is 16.8. The van der Waals surface area contributed by atoms with Crippen molar-refractivity contribution in [2.45, 2.75) is 32.2 Å². The summed E-state index contributed by atoms with van der Waals surface area (Å²) in [5, 5.41) is 6.90. The van der Waals surface area contributed by atoms with Gasteiger partial charge >= 0.3 is 0 Å². The van der Waals surface area contributed by atoms with Gasteiger partial charge in [0.25, 0.3) is 5.56 Å². The van der Waals surface area contributed by atoms with Crippen LogP contribution in [0.25, 0.3) is 16.8 Å². The number of fused-ring (bicyclic) bond motifs is 1. The van der Waals surface area contributed by atoms with Crippen LogP contribution in [0, 0.1) is 0 Å². The van der Waals surface area contributed by atoms with Crippen LogP contribution in [0.1, 0.15) is 25.5 Å². The Morgan fingerprint density at radius 2 is 2.08 bits per heavy atom. The molecule has 0 bridgehead atoms. The van der Waals surface area contributed by atoms with E-state index >= 15 is 0 Å². The highest BCUT2D eigenvalue weighted by atomic mass is 16.1. The second kappa shape index (κ2) is 7.30. The highest BCUT2D eigenvalue weighted by molar-refractivity contribution is 5.69. The van der Waals surface area contributed by atoms with E-state index < -0.39 is 0 Å². The Bertz CT molecular complexity index is 956. The first-order valence-electron chi connectivity index (χ1n) is 9.34. The topological polar surface area (TPSA) is 58.4 Å². The number of aryl methyl sites for hydroxylation is 1. The number of rotatable bonds is 5. The fraction of sp³-hybridized carbons (Fsp3) is 0.333. The molecule has 3 heterocycles. The minimum Gasteiger partial charge on any atom is -0.381 e. The van der Waals surface area contributed by atoms with Gasteiger partial charge in [0.05, 0.1) is 11.3 Å². The summed E-state index contributed by atoms with van der Waals surface area (Å²) < 4.78 is 1.63. The van der Waals surface area contributed by atoms with E-state index in [4.69, 9.17) is 4.98 Å². The number of benzene rings is 1. The Morgan fingerprint density at radius 3 is 2.81 bits per heavy atom. The van der Waals surface area contributed by atoms with E-state index in [0.717, 1.165) is 49.3 Å². The number of nitrogens with zero attached hydrogens (tertiary/aromatic N) is 2. The average molecular weight is 348 g/mol. The Labute approximate surface area is 153 Å². The quantitative estimate of drug-likeness (QED) is 0.744. The van der Waals surface area contributed by atoms with Crippen molar-refractivity contribution < 1.29 is 0 Å². The van der Waals surface area contributed by atoms with Crippen molar-refractivity contribution in [3.8, 4) is 11.1 Å². The number of pyridine rings is 1. The first-order chi connectivity index (χ1) is 12.8. The van der Waals surface area contributed by atoms with Crippen molar-refractivity contribution in [1.29, 1.82) is 0 Å². The summed E-state index contributed by atoms with van der Waals surface area (Å²) in [5.41, 5.74) is 4.32. The van der Waals surface area contributed by atoms with Crippen LogP contribution in [0.15, 0.2) is 53.5 Å². The molecule has 5 nitrogen and oxygen atoms in total. The van der Waals surface area contributed by atoms with Crippen LogP contribution in [0.5, 0.6) is 0 Å². The summed E-state index contributed by atoms with van der Waals surface area (Å²) in [5.74, 6) is 0. The molecule has 1 aliphatic rings. The van der Waals surface area contributed by atoms with E-state index in [9.17, 15) is 4.79 Å². The molecule has 1 saturated heterocycles. The van der Waals surface area contributed by atoms with Crippen LogP contribution >= 0.6 is 0 Å². The maximum Gasteiger partial charge on any atom is 0.265 e. The summed E-state index contributed by atoms with van der Waals surface area (Å²) in [6.07, 6.45) is 4.67. The Balaban J connectivity index is 1.73. The summed E-state index contributed by atoms with van der Waals surface area (Å²) in [7, 11) is 0. The van der Waals surface area contributed by atoms with Gasteiger partial charge in [0.15, 0.2) is 0 Å². The van der Waals surface area contributed by atoms with E-state index in [1.165, 1.54) is 0 Å². The zero-order chi connectivity index (χ0) is 17.9. The Hall–Kier alpha value is -2.66. The van der Waals surface area contributed by atoms with Crippen LogP contribution in [-0.4, -0.2) is 28.5 Å². The molecule has 0 saturated carbocycles. The van der Waals surface area contributed by atoms with E-state index in [-0.39, 0.29) is 5.56 Å². The maximum absolute atomic E-state index is 13.1. The standard InChI is InChI=1S/C21H24N4O/c1-2-5-18-20(21(26)25-13-4-3-6-19(25)24-18)15-7-9-16(10-8-15)23-17-11-12-22-14-17/h3-4,6-10,13,17,22-23H,2,5,11-12,14H2,1H3/t17-/m1/s1. The highest BCUT2D eigenvalue weighted by Crippen LogP contribution is 2.23. The molecule has 0 amide bonds. The molecule has 0 unspecified atom stereocenters. The largest absolute Gasteiger partial charge is 0.381 e. The molecule has 26 heavy (non-hydrogen) atoms. The lowest BCUT2D eigenvalue weighted by Crippen LogP contribution is -2.22. The fourth-order valence-electron chi connectivity index (χ4n) is 3.59. The number of anilines is 1. The number of aromatic nitrogens is 2. The summed E-state index contributed by atoms with van der Waals surface area (Å²) >= 11 is 0. The van der Waals surface area contributed by atoms with Gasteiger partial charge in [-0.25, -0.2) is 4.98 Å².